The first kappa shape index (κ1) is 21.0. The lowest BCUT2D eigenvalue weighted by Crippen LogP contribution is -2.50. The molecule has 2 N–H and O–H groups in total. The van der Waals surface area contributed by atoms with Crippen LogP contribution in [0.15, 0.2) is 18.3 Å². The first-order valence-electron chi connectivity index (χ1n) is 9.90. The van der Waals surface area contributed by atoms with E-state index in [1.807, 2.05) is 36.0 Å². The Morgan fingerprint density at radius 1 is 1.26 bits per heavy atom. The Balaban J connectivity index is 1.74. The Hall–Kier alpha value is -2.31. The molecule has 2 rings (SSSR count). The number of likely N-dealkylation sites (tertiary alicyclic amines) is 1. The number of pyridine rings is 1. The van der Waals surface area contributed by atoms with Gasteiger partial charge in [-0.3, -0.25) is 4.79 Å². The second-order valence-corrected chi connectivity index (χ2v) is 7.36. The van der Waals surface area contributed by atoms with Crippen LogP contribution in [0, 0.1) is 5.92 Å². The molecular weight excluding hydrogens is 342 g/mol. The van der Waals surface area contributed by atoms with Gasteiger partial charge >= 0.3 is 6.03 Å². The van der Waals surface area contributed by atoms with Crippen molar-refractivity contribution in [3.8, 4) is 0 Å². The molecule has 2 heterocycles. The van der Waals surface area contributed by atoms with Crippen LogP contribution in [0.4, 0.5) is 10.6 Å². The van der Waals surface area contributed by atoms with Crippen molar-refractivity contribution < 1.29 is 9.59 Å². The van der Waals surface area contributed by atoms with Crippen LogP contribution in [-0.2, 0) is 11.3 Å². The third-order valence-corrected chi connectivity index (χ3v) is 5.20. The Kier molecular flexibility index (Phi) is 7.88. The molecule has 0 saturated carbocycles. The van der Waals surface area contributed by atoms with Gasteiger partial charge in [-0.25, -0.2) is 9.78 Å². The second kappa shape index (κ2) is 10.1. The number of carbonyl (C=O) groups is 2. The molecule has 1 aliphatic heterocycles. The maximum atomic E-state index is 12.4. The van der Waals surface area contributed by atoms with E-state index >= 15 is 0 Å². The number of nitrogens with zero attached hydrogens (tertiary/aromatic N) is 3. The average molecular weight is 376 g/mol. The number of rotatable bonds is 7. The van der Waals surface area contributed by atoms with E-state index in [0.717, 1.165) is 50.2 Å². The SMILES string of the molecule is CCC(CC)C(=O)N1CCC(NC(=O)NCc2ccnc(N(C)C)c2)CC1. The largest absolute Gasteiger partial charge is 0.363 e. The smallest absolute Gasteiger partial charge is 0.315 e. The molecule has 0 unspecified atom stereocenters. The summed E-state index contributed by atoms with van der Waals surface area (Å²) in [7, 11) is 3.87. The zero-order chi connectivity index (χ0) is 19.8. The van der Waals surface area contributed by atoms with Gasteiger partial charge in [-0.05, 0) is 43.4 Å². The molecule has 0 spiro atoms. The minimum Gasteiger partial charge on any atom is -0.363 e. The fraction of sp³-hybridized carbons (Fsp3) is 0.650. The van der Waals surface area contributed by atoms with E-state index in [1.165, 1.54) is 0 Å². The van der Waals surface area contributed by atoms with Crippen molar-refractivity contribution in [3.63, 3.8) is 0 Å². The molecular formula is C20H33N5O2. The second-order valence-electron chi connectivity index (χ2n) is 7.36. The Morgan fingerprint density at radius 3 is 2.52 bits per heavy atom. The summed E-state index contributed by atoms with van der Waals surface area (Å²) in [6, 6.07) is 3.81. The summed E-state index contributed by atoms with van der Waals surface area (Å²) in [4.78, 5) is 32.8. The van der Waals surface area contributed by atoms with Crippen molar-refractivity contribution >= 4 is 17.8 Å². The van der Waals surface area contributed by atoms with Crippen molar-refractivity contribution in [2.24, 2.45) is 5.92 Å². The maximum absolute atomic E-state index is 12.4. The third-order valence-electron chi connectivity index (χ3n) is 5.20. The molecule has 1 aromatic rings. The molecule has 7 nitrogen and oxygen atoms in total. The van der Waals surface area contributed by atoms with Crippen LogP contribution in [-0.4, -0.2) is 55.0 Å². The Morgan fingerprint density at radius 2 is 1.93 bits per heavy atom. The van der Waals surface area contributed by atoms with Crippen LogP contribution in [0.2, 0.25) is 0 Å². The highest BCUT2D eigenvalue weighted by Gasteiger charge is 2.27. The van der Waals surface area contributed by atoms with Gasteiger partial charge in [0.25, 0.3) is 0 Å². The summed E-state index contributed by atoms with van der Waals surface area (Å²) >= 11 is 0. The van der Waals surface area contributed by atoms with Crippen molar-refractivity contribution in [2.75, 3.05) is 32.1 Å². The molecule has 150 valence electrons. The van der Waals surface area contributed by atoms with E-state index < -0.39 is 0 Å². The third kappa shape index (κ3) is 6.12. The first-order valence-corrected chi connectivity index (χ1v) is 9.90. The van der Waals surface area contributed by atoms with Crippen LogP contribution in [0.3, 0.4) is 0 Å². The number of hydrogen-bond acceptors (Lipinski definition) is 4. The highest BCUT2D eigenvalue weighted by Crippen LogP contribution is 2.17. The van der Waals surface area contributed by atoms with Gasteiger partial charge in [-0.1, -0.05) is 13.8 Å². The number of nitrogens with one attached hydrogen (secondary N) is 2. The molecule has 3 amide bonds. The summed E-state index contributed by atoms with van der Waals surface area (Å²) in [5.74, 6) is 1.26. The number of hydrogen-bond donors (Lipinski definition) is 2. The highest BCUT2D eigenvalue weighted by molar-refractivity contribution is 5.79. The molecule has 0 radical (unpaired) electrons. The minimum absolute atomic E-state index is 0.116. The first-order chi connectivity index (χ1) is 12.9. The number of urea groups is 1. The molecule has 0 atom stereocenters. The van der Waals surface area contributed by atoms with Crippen molar-refractivity contribution in [3.05, 3.63) is 23.9 Å². The molecule has 1 saturated heterocycles. The fourth-order valence-electron chi connectivity index (χ4n) is 3.37. The fourth-order valence-corrected chi connectivity index (χ4v) is 3.37. The number of aromatic nitrogens is 1. The summed E-state index contributed by atoms with van der Waals surface area (Å²) in [5.41, 5.74) is 1.01. The van der Waals surface area contributed by atoms with Crippen molar-refractivity contribution in [1.82, 2.24) is 20.5 Å². The van der Waals surface area contributed by atoms with Crippen molar-refractivity contribution in [2.45, 2.75) is 52.1 Å². The van der Waals surface area contributed by atoms with E-state index in [9.17, 15) is 9.59 Å². The van der Waals surface area contributed by atoms with Crippen LogP contribution in [0.25, 0.3) is 0 Å². The number of anilines is 1. The van der Waals surface area contributed by atoms with Gasteiger partial charge in [0.05, 0.1) is 0 Å². The number of piperidine rings is 1. The van der Waals surface area contributed by atoms with Gasteiger partial charge in [-0.2, -0.15) is 0 Å². The molecule has 27 heavy (non-hydrogen) atoms. The molecule has 7 heteroatoms. The monoisotopic (exact) mass is 375 g/mol. The lowest BCUT2D eigenvalue weighted by Gasteiger charge is -2.34. The number of amides is 3. The predicted molar refractivity (Wildman–Crippen MR) is 108 cm³/mol. The van der Waals surface area contributed by atoms with Crippen LogP contribution in [0.1, 0.15) is 45.1 Å². The van der Waals surface area contributed by atoms with Gasteiger partial charge in [0.15, 0.2) is 0 Å². The molecule has 0 aromatic carbocycles. The van der Waals surface area contributed by atoms with Gasteiger partial charge in [0.1, 0.15) is 5.82 Å². The maximum Gasteiger partial charge on any atom is 0.315 e. The van der Waals surface area contributed by atoms with Crippen molar-refractivity contribution in [1.29, 1.82) is 0 Å². The van der Waals surface area contributed by atoms with Crippen LogP contribution in [0.5, 0.6) is 0 Å². The lowest BCUT2D eigenvalue weighted by atomic mass is 9.98. The Labute approximate surface area is 162 Å². The zero-order valence-electron chi connectivity index (χ0n) is 17.0. The number of carbonyl (C=O) groups excluding carboxylic acids is 2. The Bertz CT molecular complexity index is 623. The zero-order valence-corrected chi connectivity index (χ0v) is 17.0. The highest BCUT2D eigenvalue weighted by atomic mass is 16.2. The summed E-state index contributed by atoms with van der Waals surface area (Å²) in [6.45, 7) is 6.03. The van der Waals surface area contributed by atoms with Gasteiger partial charge < -0.3 is 20.4 Å². The normalized spacial score (nSPS) is 14.9. The van der Waals surface area contributed by atoms with E-state index in [0.29, 0.717) is 6.54 Å². The van der Waals surface area contributed by atoms with Gasteiger partial charge in [-0.15, -0.1) is 0 Å². The van der Waals surface area contributed by atoms with E-state index in [-0.39, 0.29) is 23.9 Å². The lowest BCUT2D eigenvalue weighted by molar-refractivity contribution is -0.136. The van der Waals surface area contributed by atoms with Gasteiger partial charge in [0, 0.05) is 51.9 Å². The van der Waals surface area contributed by atoms with Gasteiger partial charge in [0.2, 0.25) is 5.91 Å². The standard InChI is InChI=1S/C20H33N5O2/c1-5-16(6-2)19(26)25-11-8-17(9-12-25)23-20(27)22-14-15-7-10-21-18(13-15)24(3)4/h7,10,13,16-17H,5-6,8-9,11-12,14H2,1-4H3,(H2,22,23,27). The quantitative estimate of drug-likeness (QED) is 0.767. The molecule has 1 fully saturated rings. The topological polar surface area (TPSA) is 77.6 Å². The molecule has 0 aliphatic carbocycles. The molecule has 1 aromatic heterocycles. The average Bonchev–Trinajstić information content (AvgIpc) is 2.68. The van der Waals surface area contributed by atoms with Crippen LogP contribution < -0.4 is 15.5 Å². The minimum atomic E-state index is -0.164. The van der Waals surface area contributed by atoms with E-state index in [1.54, 1.807) is 6.20 Å². The van der Waals surface area contributed by atoms with E-state index in [4.69, 9.17) is 0 Å². The van der Waals surface area contributed by atoms with Crippen LogP contribution >= 0.6 is 0 Å². The van der Waals surface area contributed by atoms with E-state index in [2.05, 4.69) is 29.5 Å². The predicted octanol–water partition coefficient (Wildman–Crippen LogP) is 2.37. The molecule has 0 bridgehead atoms. The summed E-state index contributed by atoms with van der Waals surface area (Å²) in [6.07, 6.45) is 5.14. The summed E-state index contributed by atoms with van der Waals surface area (Å²) < 4.78 is 0. The molecule has 1 aliphatic rings. The summed E-state index contributed by atoms with van der Waals surface area (Å²) in [5, 5.41) is 5.94.